The Morgan fingerprint density at radius 2 is 1.67 bits per heavy atom. The van der Waals surface area contributed by atoms with E-state index in [2.05, 4.69) is 15.9 Å². The molecule has 0 saturated carbocycles. The fourth-order valence-corrected chi connectivity index (χ4v) is 4.80. The van der Waals surface area contributed by atoms with Gasteiger partial charge in [-0.2, -0.15) is 0 Å². The van der Waals surface area contributed by atoms with Crippen molar-refractivity contribution < 1.29 is 37.1 Å². The molecule has 0 aliphatic rings. The van der Waals surface area contributed by atoms with Crippen LogP contribution in [0, 0.1) is 0 Å². The summed E-state index contributed by atoms with van der Waals surface area (Å²) in [5, 5.41) is 0.237. The van der Waals surface area contributed by atoms with Crippen LogP contribution < -0.4 is 0 Å². The molecule has 8 nitrogen and oxygen atoms in total. The van der Waals surface area contributed by atoms with E-state index in [4.69, 9.17) is 22.9 Å². The minimum absolute atomic E-state index is 0.118. The van der Waals surface area contributed by atoms with Gasteiger partial charge in [0.2, 0.25) is 0 Å². The molecule has 0 fully saturated rings. The van der Waals surface area contributed by atoms with Gasteiger partial charge in [-0.05, 0) is 33.8 Å². The minimum atomic E-state index is -3.75. The molecular weight excluding hydrogens is 443 g/mol. The summed E-state index contributed by atoms with van der Waals surface area (Å²) in [6.45, 7) is 7.32. The second kappa shape index (κ2) is 11.6. The SMILES string of the molecule is CCOC(=O)CC(c1cc(C(=O)OCC)c(CBr)o1)P(=O)(OCC)OCC. The van der Waals surface area contributed by atoms with Crippen LogP contribution in [0.2, 0.25) is 0 Å². The summed E-state index contributed by atoms with van der Waals surface area (Å²) in [5.74, 6) is -0.696. The number of alkyl halides is 1. The number of hydrogen-bond acceptors (Lipinski definition) is 8. The lowest BCUT2D eigenvalue weighted by Crippen LogP contribution is -2.13. The zero-order chi connectivity index (χ0) is 20.4. The Labute approximate surface area is 167 Å². The lowest BCUT2D eigenvalue weighted by atomic mass is 10.2. The Morgan fingerprint density at radius 3 is 2.15 bits per heavy atom. The molecule has 1 aromatic rings. The standard InChI is InChI=1S/C17H26BrO8P/c1-5-22-16(19)10-15(27(21,24-7-3)25-8-4)13-9-12(14(11-18)26-13)17(20)23-6-2/h9,15H,5-8,10-11H2,1-4H3. The highest BCUT2D eigenvalue weighted by Crippen LogP contribution is 2.62. The summed E-state index contributed by atoms with van der Waals surface area (Å²) in [6.07, 6.45) is -0.275. The zero-order valence-electron chi connectivity index (χ0n) is 16.0. The molecule has 10 heteroatoms. The summed E-state index contributed by atoms with van der Waals surface area (Å²) in [5.41, 5.74) is -0.852. The van der Waals surface area contributed by atoms with E-state index in [0.717, 1.165) is 0 Å². The highest BCUT2D eigenvalue weighted by atomic mass is 79.9. The van der Waals surface area contributed by atoms with Crippen molar-refractivity contribution in [2.45, 2.75) is 45.1 Å². The maximum absolute atomic E-state index is 13.3. The molecule has 0 aliphatic heterocycles. The van der Waals surface area contributed by atoms with Crippen molar-refractivity contribution in [2.75, 3.05) is 26.4 Å². The third-order valence-electron chi connectivity index (χ3n) is 3.44. The van der Waals surface area contributed by atoms with E-state index in [1.807, 2.05) is 0 Å². The molecule has 1 rings (SSSR count). The van der Waals surface area contributed by atoms with Gasteiger partial charge in [0, 0.05) is 0 Å². The lowest BCUT2D eigenvalue weighted by molar-refractivity contribution is -0.143. The molecule has 0 amide bonds. The van der Waals surface area contributed by atoms with Gasteiger partial charge in [-0.1, -0.05) is 15.9 Å². The first-order chi connectivity index (χ1) is 12.9. The lowest BCUT2D eigenvalue weighted by Gasteiger charge is -2.24. The van der Waals surface area contributed by atoms with Gasteiger partial charge in [-0.25, -0.2) is 4.79 Å². The minimum Gasteiger partial charge on any atom is -0.466 e. The number of rotatable bonds is 12. The molecule has 0 radical (unpaired) electrons. The largest absolute Gasteiger partial charge is 0.466 e. The number of furan rings is 1. The number of carbonyl (C=O) groups is 2. The monoisotopic (exact) mass is 468 g/mol. The van der Waals surface area contributed by atoms with Crippen molar-refractivity contribution in [3.05, 3.63) is 23.2 Å². The number of esters is 2. The molecule has 0 aromatic carbocycles. The van der Waals surface area contributed by atoms with Crippen LogP contribution >= 0.6 is 23.5 Å². The Kier molecular flexibility index (Phi) is 10.3. The summed E-state index contributed by atoms with van der Waals surface area (Å²) in [4.78, 5) is 24.2. The topological polar surface area (TPSA) is 101 Å². The van der Waals surface area contributed by atoms with Crippen LogP contribution in [0.4, 0.5) is 0 Å². The highest BCUT2D eigenvalue weighted by Gasteiger charge is 2.42. The average Bonchev–Trinajstić information content (AvgIpc) is 3.04. The third kappa shape index (κ3) is 6.45. The Hall–Kier alpha value is -1.15. The van der Waals surface area contributed by atoms with Crippen LogP contribution in [-0.2, 0) is 33.2 Å². The molecule has 154 valence electrons. The summed E-state index contributed by atoms with van der Waals surface area (Å²) >= 11 is 3.25. The second-order valence-electron chi connectivity index (χ2n) is 5.24. The molecule has 0 spiro atoms. The van der Waals surface area contributed by atoms with Crippen molar-refractivity contribution in [1.82, 2.24) is 0 Å². The van der Waals surface area contributed by atoms with Crippen LogP contribution in [0.5, 0.6) is 0 Å². The van der Waals surface area contributed by atoms with E-state index in [0.29, 0.717) is 5.76 Å². The molecular formula is C17H26BrO8P. The fraction of sp³-hybridized carbons (Fsp3) is 0.647. The molecule has 1 unspecified atom stereocenters. The van der Waals surface area contributed by atoms with Crippen LogP contribution in [0.1, 0.15) is 61.7 Å². The van der Waals surface area contributed by atoms with Crippen molar-refractivity contribution in [3.8, 4) is 0 Å². The molecule has 1 atom stereocenters. The van der Waals surface area contributed by atoms with Gasteiger partial charge in [0.25, 0.3) is 0 Å². The number of halogens is 1. The first-order valence-electron chi connectivity index (χ1n) is 8.76. The predicted molar refractivity (Wildman–Crippen MR) is 102 cm³/mol. The molecule has 1 heterocycles. The predicted octanol–water partition coefficient (Wildman–Crippen LogP) is 4.61. The molecule has 27 heavy (non-hydrogen) atoms. The summed E-state index contributed by atoms with van der Waals surface area (Å²) < 4.78 is 39.8. The first kappa shape index (κ1) is 23.9. The smallest absolute Gasteiger partial charge is 0.341 e. The fourth-order valence-electron chi connectivity index (χ4n) is 2.42. The maximum Gasteiger partial charge on any atom is 0.341 e. The molecule has 0 saturated heterocycles. The Bertz CT molecular complexity index is 662. The normalized spacial score (nSPS) is 12.6. The van der Waals surface area contributed by atoms with Crippen molar-refractivity contribution in [3.63, 3.8) is 0 Å². The molecule has 0 bridgehead atoms. The van der Waals surface area contributed by atoms with Crippen LogP contribution in [0.25, 0.3) is 0 Å². The van der Waals surface area contributed by atoms with Gasteiger partial charge >= 0.3 is 19.5 Å². The van der Waals surface area contributed by atoms with E-state index < -0.39 is 25.2 Å². The van der Waals surface area contributed by atoms with Gasteiger partial charge in [0.15, 0.2) is 0 Å². The number of ether oxygens (including phenoxy) is 2. The van der Waals surface area contributed by atoms with E-state index in [-0.39, 0.29) is 49.5 Å². The quantitative estimate of drug-likeness (QED) is 0.249. The maximum atomic E-state index is 13.3. The van der Waals surface area contributed by atoms with Crippen molar-refractivity contribution in [1.29, 1.82) is 0 Å². The number of hydrogen-bond donors (Lipinski definition) is 0. The van der Waals surface area contributed by atoms with Gasteiger partial charge in [0.1, 0.15) is 22.7 Å². The van der Waals surface area contributed by atoms with Crippen LogP contribution in [-0.4, -0.2) is 38.4 Å². The van der Waals surface area contributed by atoms with E-state index in [1.165, 1.54) is 6.07 Å². The highest BCUT2D eigenvalue weighted by molar-refractivity contribution is 9.08. The molecule has 0 N–H and O–H groups in total. The van der Waals surface area contributed by atoms with Crippen molar-refractivity contribution >= 4 is 35.5 Å². The first-order valence-corrected chi connectivity index (χ1v) is 11.5. The van der Waals surface area contributed by atoms with Crippen LogP contribution in [0.15, 0.2) is 10.5 Å². The van der Waals surface area contributed by atoms with Gasteiger partial charge in [-0.3, -0.25) is 9.36 Å². The summed E-state index contributed by atoms with van der Waals surface area (Å²) in [6, 6.07) is 1.42. The van der Waals surface area contributed by atoms with Gasteiger partial charge in [-0.15, -0.1) is 0 Å². The average molecular weight is 469 g/mol. The van der Waals surface area contributed by atoms with E-state index in [9.17, 15) is 14.2 Å². The van der Waals surface area contributed by atoms with Gasteiger partial charge < -0.3 is 22.9 Å². The summed E-state index contributed by atoms with van der Waals surface area (Å²) in [7, 11) is -3.75. The second-order valence-corrected chi connectivity index (χ2v) is 8.02. The Balaban J connectivity index is 3.39. The Morgan fingerprint density at radius 1 is 1.07 bits per heavy atom. The van der Waals surface area contributed by atoms with E-state index >= 15 is 0 Å². The van der Waals surface area contributed by atoms with E-state index in [1.54, 1.807) is 27.7 Å². The van der Waals surface area contributed by atoms with Crippen molar-refractivity contribution in [2.24, 2.45) is 0 Å². The zero-order valence-corrected chi connectivity index (χ0v) is 18.5. The van der Waals surface area contributed by atoms with Crippen LogP contribution in [0.3, 0.4) is 0 Å². The number of carbonyl (C=O) groups excluding carboxylic acids is 2. The molecule has 0 aliphatic carbocycles. The third-order valence-corrected chi connectivity index (χ3v) is 6.38. The van der Waals surface area contributed by atoms with Gasteiger partial charge in [0.05, 0.1) is 38.2 Å². The molecule has 1 aromatic heterocycles.